The number of hydrogen-bond acceptors (Lipinski definition) is 3. The molecule has 0 aromatic rings. The van der Waals surface area contributed by atoms with Crippen LogP contribution in [0.4, 0.5) is 0 Å². The van der Waals surface area contributed by atoms with Crippen LogP contribution in [0.3, 0.4) is 0 Å². The molecule has 0 radical (unpaired) electrons. The van der Waals surface area contributed by atoms with Gasteiger partial charge in [0, 0.05) is 11.6 Å². The minimum absolute atomic E-state index is 0.0402. The van der Waals surface area contributed by atoms with Crippen LogP contribution in [0.2, 0.25) is 0 Å². The van der Waals surface area contributed by atoms with E-state index < -0.39 is 5.60 Å². The van der Waals surface area contributed by atoms with Crippen LogP contribution in [0, 0.1) is 0 Å². The molecule has 0 aromatic heterocycles. The summed E-state index contributed by atoms with van der Waals surface area (Å²) in [5, 5.41) is 9.43. The highest BCUT2D eigenvalue weighted by Crippen LogP contribution is 2.15. The van der Waals surface area contributed by atoms with E-state index in [0.29, 0.717) is 5.57 Å². The maximum Gasteiger partial charge on any atom is 0.256 e. The molecule has 4 nitrogen and oxygen atoms in total. The van der Waals surface area contributed by atoms with Gasteiger partial charge in [-0.25, -0.2) is 0 Å². The van der Waals surface area contributed by atoms with E-state index in [9.17, 15) is 14.7 Å². The van der Waals surface area contributed by atoms with Crippen molar-refractivity contribution in [3.63, 3.8) is 0 Å². The minimum atomic E-state index is -1.04. The second kappa shape index (κ2) is 2.96. The molecular formula is C9H13NO3. The molecule has 0 saturated heterocycles. The maximum absolute atomic E-state index is 11.3. The lowest BCUT2D eigenvalue weighted by molar-refractivity contribution is -0.140. The molecule has 0 aromatic carbocycles. The van der Waals surface area contributed by atoms with E-state index >= 15 is 0 Å². The molecule has 0 spiro atoms. The quantitative estimate of drug-likeness (QED) is 0.616. The second-order valence-corrected chi connectivity index (χ2v) is 3.87. The Kier molecular flexibility index (Phi) is 2.26. The van der Waals surface area contributed by atoms with Crippen LogP contribution in [0.25, 0.3) is 0 Å². The molecule has 0 aliphatic carbocycles. The lowest BCUT2D eigenvalue weighted by Gasteiger charge is -2.23. The molecule has 4 heteroatoms. The maximum atomic E-state index is 11.3. The first-order valence-electron chi connectivity index (χ1n) is 4.08. The number of β-amino-alcohol motifs (C(OH)–C–C–N with tert-alkyl or cyclic N) is 1. The molecule has 1 heterocycles. The summed E-state index contributed by atoms with van der Waals surface area (Å²) in [5.74, 6) is -0.656. The van der Waals surface area contributed by atoms with Gasteiger partial charge < -0.3 is 5.11 Å². The van der Waals surface area contributed by atoms with Crippen LogP contribution in [-0.2, 0) is 9.59 Å². The monoisotopic (exact) mass is 183 g/mol. The molecule has 1 rings (SSSR count). The van der Waals surface area contributed by atoms with Crippen LogP contribution in [0.15, 0.2) is 11.6 Å². The Hall–Kier alpha value is -1.16. The number of amides is 2. The number of aliphatic hydroxyl groups is 1. The molecule has 1 aliphatic heterocycles. The Labute approximate surface area is 76.8 Å². The molecule has 0 bridgehead atoms. The van der Waals surface area contributed by atoms with Crippen LogP contribution >= 0.6 is 0 Å². The van der Waals surface area contributed by atoms with Crippen molar-refractivity contribution in [2.45, 2.75) is 26.4 Å². The predicted octanol–water partition coefficient (Wildman–Crippen LogP) is 0.0724. The van der Waals surface area contributed by atoms with Gasteiger partial charge in [-0.05, 0) is 20.8 Å². The number of hydrogen-bond donors (Lipinski definition) is 1. The van der Waals surface area contributed by atoms with E-state index in [1.54, 1.807) is 20.8 Å². The third-order valence-corrected chi connectivity index (χ3v) is 1.73. The summed E-state index contributed by atoms with van der Waals surface area (Å²) < 4.78 is 0. The zero-order chi connectivity index (χ0) is 10.2. The standard InChI is InChI=1S/C9H13NO3/c1-6-4-7(11)10(8(6)12)5-9(2,3)13/h4,13H,5H2,1-3H3. The molecule has 1 aliphatic rings. The molecule has 1 N–H and O–H groups in total. The fourth-order valence-electron chi connectivity index (χ4n) is 1.17. The molecule has 2 amide bonds. The zero-order valence-electron chi connectivity index (χ0n) is 8.00. The molecule has 0 unspecified atom stereocenters. The number of nitrogens with zero attached hydrogens (tertiary/aromatic N) is 1. The largest absolute Gasteiger partial charge is 0.389 e. The smallest absolute Gasteiger partial charge is 0.256 e. The van der Waals surface area contributed by atoms with E-state index in [1.807, 2.05) is 0 Å². The van der Waals surface area contributed by atoms with Crippen LogP contribution < -0.4 is 0 Å². The Morgan fingerprint density at radius 1 is 1.46 bits per heavy atom. The van der Waals surface area contributed by atoms with Crippen molar-refractivity contribution in [1.82, 2.24) is 4.90 Å². The first-order chi connectivity index (χ1) is 5.81. The van der Waals surface area contributed by atoms with E-state index in [2.05, 4.69) is 0 Å². The number of carbonyl (C=O) groups is 2. The summed E-state index contributed by atoms with van der Waals surface area (Å²) in [7, 11) is 0. The number of imide groups is 1. The number of rotatable bonds is 2. The van der Waals surface area contributed by atoms with Crippen LogP contribution in [0.5, 0.6) is 0 Å². The van der Waals surface area contributed by atoms with Gasteiger partial charge in [0.05, 0.1) is 12.1 Å². The zero-order valence-corrected chi connectivity index (χ0v) is 8.00. The number of carbonyl (C=O) groups excluding carboxylic acids is 2. The highest BCUT2D eigenvalue weighted by molar-refractivity contribution is 6.15. The predicted molar refractivity (Wildman–Crippen MR) is 46.8 cm³/mol. The summed E-state index contributed by atoms with van der Waals surface area (Å²) in [5.41, 5.74) is -0.613. The van der Waals surface area contributed by atoms with Crippen molar-refractivity contribution < 1.29 is 14.7 Å². The van der Waals surface area contributed by atoms with Crippen LogP contribution in [0.1, 0.15) is 20.8 Å². The Bertz CT molecular complexity index is 286. The molecular weight excluding hydrogens is 170 g/mol. The molecule has 72 valence electrons. The van der Waals surface area contributed by atoms with Crippen molar-refractivity contribution in [3.05, 3.63) is 11.6 Å². The van der Waals surface area contributed by atoms with E-state index in [1.165, 1.54) is 6.08 Å². The van der Waals surface area contributed by atoms with Crippen molar-refractivity contribution in [2.75, 3.05) is 6.54 Å². The van der Waals surface area contributed by atoms with Crippen molar-refractivity contribution in [2.24, 2.45) is 0 Å². The van der Waals surface area contributed by atoms with Crippen molar-refractivity contribution in [3.8, 4) is 0 Å². The summed E-state index contributed by atoms with van der Waals surface area (Å²) in [6.07, 6.45) is 1.29. The third-order valence-electron chi connectivity index (χ3n) is 1.73. The molecule has 13 heavy (non-hydrogen) atoms. The third kappa shape index (κ3) is 2.15. The molecule has 0 atom stereocenters. The van der Waals surface area contributed by atoms with Gasteiger partial charge >= 0.3 is 0 Å². The summed E-state index contributed by atoms with van der Waals surface area (Å²) in [6, 6.07) is 0. The molecule has 0 saturated carbocycles. The minimum Gasteiger partial charge on any atom is -0.389 e. The fourth-order valence-corrected chi connectivity index (χ4v) is 1.17. The lowest BCUT2D eigenvalue weighted by atomic mass is 10.1. The first-order valence-corrected chi connectivity index (χ1v) is 4.08. The summed E-state index contributed by atoms with van der Waals surface area (Å²) >= 11 is 0. The van der Waals surface area contributed by atoms with E-state index in [-0.39, 0.29) is 18.4 Å². The SMILES string of the molecule is CC1=CC(=O)N(CC(C)(C)O)C1=O. The second-order valence-electron chi connectivity index (χ2n) is 3.87. The average molecular weight is 183 g/mol. The summed E-state index contributed by atoms with van der Waals surface area (Å²) in [4.78, 5) is 23.6. The Morgan fingerprint density at radius 2 is 2.00 bits per heavy atom. The topological polar surface area (TPSA) is 57.6 Å². The highest BCUT2D eigenvalue weighted by Gasteiger charge is 2.32. The van der Waals surface area contributed by atoms with Gasteiger partial charge in [-0.1, -0.05) is 0 Å². The van der Waals surface area contributed by atoms with Gasteiger partial charge in [0.1, 0.15) is 0 Å². The van der Waals surface area contributed by atoms with Gasteiger partial charge in [0.25, 0.3) is 11.8 Å². The van der Waals surface area contributed by atoms with E-state index in [0.717, 1.165) is 4.90 Å². The van der Waals surface area contributed by atoms with Crippen molar-refractivity contribution in [1.29, 1.82) is 0 Å². The van der Waals surface area contributed by atoms with Gasteiger partial charge in [0.2, 0.25) is 0 Å². The van der Waals surface area contributed by atoms with Crippen molar-refractivity contribution >= 4 is 11.8 Å². The fraction of sp³-hybridized carbons (Fsp3) is 0.556. The normalized spacial score (nSPS) is 18.2. The Morgan fingerprint density at radius 3 is 2.31 bits per heavy atom. The van der Waals surface area contributed by atoms with Gasteiger partial charge in [-0.3, -0.25) is 14.5 Å². The van der Waals surface area contributed by atoms with Gasteiger partial charge in [-0.2, -0.15) is 0 Å². The average Bonchev–Trinajstić information content (AvgIpc) is 2.14. The van der Waals surface area contributed by atoms with Gasteiger partial charge in [-0.15, -0.1) is 0 Å². The van der Waals surface area contributed by atoms with E-state index in [4.69, 9.17) is 0 Å². The lowest BCUT2D eigenvalue weighted by Crippen LogP contribution is -2.42. The molecule has 0 fully saturated rings. The van der Waals surface area contributed by atoms with Crippen LogP contribution in [-0.4, -0.2) is 34.0 Å². The van der Waals surface area contributed by atoms with Gasteiger partial charge in [0.15, 0.2) is 0 Å². The first kappa shape index (κ1) is 9.92. The summed E-state index contributed by atoms with van der Waals surface area (Å²) in [6.45, 7) is 4.74. The Balaban J connectivity index is 2.75. The highest BCUT2D eigenvalue weighted by atomic mass is 16.3.